The first kappa shape index (κ1) is 12.5. The average Bonchev–Trinajstić information content (AvgIpc) is 3.06. The molecule has 1 N–H and O–H groups in total. The normalized spacial score (nSPS) is 17.1. The van der Waals surface area contributed by atoms with Crippen LogP contribution in [-0.2, 0) is 6.42 Å². The molecule has 0 bridgehead atoms. The van der Waals surface area contributed by atoms with Crippen LogP contribution in [0.4, 0.5) is 8.78 Å². The van der Waals surface area contributed by atoms with Crippen molar-refractivity contribution >= 4 is 0 Å². The monoisotopic (exact) mass is 239 g/mol. The molecule has 1 unspecified atom stereocenters. The zero-order valence-electron chi connectivity index (χ0n) is 10.2. The summed E-state index contributed by atoms with van der Waals surface area (Å²) in [6, 6.07) is 4.17. The van der Waals surface area contributed by atoms with Gasteiger partial charge in [0.15, 0.2) is 0 Å². The highest BCUT2D eigenvalue weighted by atomic mass is 19.1. The van der Waals surface area contributed by atoms with Crippen LogP contribution < -0.4 is 5.32 Å². The molecule has 0 saturated heterocycles. The second-order valence-corrected chi connectivity index (χ2v) is 4.87. The quantitative estimate of drug-likeness (QED) is 0.803. The van der Waals surface area contributed by atoms with Gasteiger partial charge in [0.1, 0.15) is 11.6 Å². The van der Waals surface area contributed by atoms with Crippen LogP contribution in [0.3, 0.4) is 0 Å². The molecular formula is C14H19F2N. The summed E-state index contributed by atoms with van der Waals surface area (Å²) in [5.41, 5.74) is 0.609. The van der Waals surface area contributed by atoms with E-state index in [-0.39, 0.29) is 0 Å². The van der Waals surface area contributed by atoms with Gasteiger partial charge in [-0.15, -0.1) is 0 Å². The lowest BCUT2D eigenvalue weighted by Crippen LogP contribution is -2.31. The van der Waals surface area contributed by atoms with Gasteiger partial charge < -0.3 is 5.32 Å². The Morgan fingerprint density at radius 2 is 2.12 bits per heavy atom. The molecule has 17 heavy (non-hydrogen) atoms. The Morgan fingerprint density at radius 1 is 1.35 bits per heavy atom. The molecule has 1 nitrogen and oxygen atoms in total. The summed E-state index contributed by atoms with van der Waals surface area (Å²) in [6.07, 6.45) is 4.35. The van der Waals surface area contributed by atoms with Gasteiger partial charge in [0.25, 0.3) is 0 Å². The van der Waals surface area contributed by atoms with E-state index < -0.39 is 11.6 Å². The van der Waals surface area contributed by atoms with Gasteiger partial charge in [0.2, 0.25) is 0 Å². The van der Waals surface area contributed by atoms with Crippen molar-refractivity contribution in [2.24, 2.45) is 5.92 Å². The molecule has 1 saturated carbocycles. The Kier molecular flexibility index (Phi) is 4.11. The van der Waals surface area contributed by atoms with Crippen molar-refractivity contribution < 1.29 is 8.78 Å². The highest BCUT2D eigenvalue weighted by molar-refractivity contribution is 5.19. The zero-order valence-corrected chi connectivity index (χ0v) is 10.2. The van der Waals surface area contributed by atoms with Crippen LogP contribution in [0.25, 0.3) is 0 Å². The van der Waals surface area contributed by atoms with Crippen LogP contribution >= 0.6 is 0 Å². The first-order valence-electron chi connectivity index (χ1n) is 6.36. The molecule has 0 spiro atoms. The average molecular weight is 239 g/mol. The molecule has 1 aliphatic rings. The predicted molar refractivity (Wildman–Crippen MR) is 64.9 cm³/mol. The van der Waals surface area contributed by atoms with Crippen molar-refractivity contribution in [3.8, 4) is 0 Å². The van der Waals surface area contributed by atoms with Gasteiger partial charge >= 0.3 is 0 Å². The first-order chi connectivity index (χ1) is 8.19. The van der Waals surface area contributed by atoms with E-state index in [9.17, 15) is 8.78 Å². The van der Waals surface area contributed by atoms with E-state index in [1.54, 1.807) is 6.07 Å². The molecular weight excluding hydrogens is 220 g/mol. The van der Waals surface area contributed by atoms with Gasteiger partial charge in [0.05, 0.1) is 0 Å². The van der Waals surface area contributed by atoms with Crippen molar-refractivity contribution in [3.05, 3.63) is 35.4 Å². The van der Waals surface area contributed by atoms with Crippen LogP contribution in [0.15, 0.2) is 18.2 Å². The fourth-order valence-electron chi connectivity index (χ4n) is 2.24. The Bertz CT molecular complexity index is 374. The topological polar surface area (TPSA) is 12.0 Å². The molecule has 0 radical (unpaired) electrons. The van der Waals surface area contributed by atoms with E-state index in [4.69, 9.17) is 0 Å². The minimum atomic E-state index is -0.506. The lowest BCUT2D eigenvalue weighted by molar-refractivity contribution is 0.456. The van der Waals surface area contributed by atoms with Crippen molar-refractivity contribution in [3.63, 3.8) is 0 Å². The number of rotatable bonds is 6. The minimum Gasteiger partial charge on any atom is -0.314 e. The van der Waals surface area contributed by atoms with Crippen LogP contribution in [-0.4, -0.2) is 12.6 Å². The fraction of sp³-hybridized carbons (Fsp3) is 0.571. The highest BCUT2D eigenvalue weighted by Crippen LogP contribution is 2.34. The maximum Gasteiger partial charge on any atom is 0.129 e. The van der Waals surface area contributed by atoms with Gasteiger partial charge in [-0.25, -0.2) is 8.78 Å². The number of likely N-dealkylation sites (N-methyl/N-ethyl adjacent to an activating group) is 1. The number of halogens is 2. The smallest absolute Gasteiger partial charge is 0.129 e. The summed E-state index contributed by atoms with van der Waals surface area (Å²) >= 11 is 0. The summed E-state index contributed by atoms with van der Waals surface area (Å²) in [4.78, 5) is 0. The van der Waals surface area contributed by atoms with Crippen LogP contribution in [0.1, 0.15) is 31.7 Å². The van der Waals surface area contributed by atoms with E-state index >= 15 is 0 Å². The standard InChI is InChI=1S/C14H19F2N/c1-2-17-13(7-10-3-4-10)8-11-5-6-12(15)9-14(11)16/h5-6,9-10,13,17H,2-4,7-8H2,1H3. The van der Waals surface area contributed by atoms with Gasteiger partial charge in [-0.3, -0.25) is 0 Å². The molecule has 94 valence electrons. The van der Waals surface area contributed by atoms with E-state index in [0.29, 0.717) is 18.0 Å². The summed E-state index contributed by atoms with van der Waals surface area (Å²) in [7, 11) is 0. The summed E-state index contributed by atoms with van der Waals surface area (Å²) in [6.45, 7) is 2.95. The third-order valence-electron chi connectivity index (χ3n) is 3.29. The van der Waals surface area contributed by atoms with Crippen LogP contribution in [0, 0.1) is 17.6 Å². The lowest BCUT2D eigenvalue weighted by atomic mass is 10.0. The van der Waals surface area contributed by atoms with Gasteiger partial charge in [-0.05, 0) is 36.9 Å². The third-order valence-corrected chi connectivity index (χ3v) is 3.29. The third kappa shape index (κ3) is 3.77. The van der Waals surface area contributed by atoms with Gasteiger partial charge in [-0.1, -0.05) is 25.8 Å². The number of hydrogen-bond acceptors (Lipinski definition) is 1. The Labute approximate surface area is 101 Å². The van der Waals surface area contributed by atoms with E-state index in [1.165, 1.54) is 18.9 Å². The summed E-state index contributed by atoms with van der Waals surface area (Å²) in [5.74, 6) is -0.125. The Balaban J connectivity index is 1.99. The van der Waals surface area contributed by atoms with E-state index in [0.717, 1.165) is 24.9 Å². The predicted octanol–water partition coefficient (Wildman–Crippen LogP) is 3.29. The fourth-order valence-corrected chi connectivity index (χ4v) is 2.24. The van der Waals surface area contributed by atoms with Crippen molar-refractivity contribution in [2.45, 2.75) is 38.6 Å². The highest BCUT2D eigenvalue weighted by Gasteiger charge is 2.25. The molecule has 0 aliphatic heterocycles. The maximum atomic E-state index is 13.5. The van der Waals surface area contributed by atoms with Crippen molar-refractivity contribution in [2.75, 3.05) is 6.54 Å². The van der Waals surface area contributed by atoms with Crippen molar-refractivity contribution in [1.82, 2.24) is 5.32 Å². The Morgan fingerprint density at radius 3 is 2.71 bits per heavy atom. The first-order valence-corrected chi connectivity index (χ1v) is 6.36. The second-order valence-electron chi connectivity index (χ2n) is 4.87. The van der Waals surface area contributed by atoms with Crippen LogP contribution in [0.5, 0.6) is 0 Å². The number of benzene rings is 1. The zero-order chi connectivity index (χ0) is 12.3. The van der Waals surface area contributed by atoms with Crippen molar-refractivity contribution in [1.29, 1.82) is 0 Å². The van der Waals surface area contributed by atoms with Gasteiger partial charge in [0, 0.05) is 12.1 Å². The van der Waals surface area contributed by atoms with Crippen LogP contribution in [0.2, 0.25) is 0 Å². The molecule has 1 atom stereocenters. The molecule has 1 aromatic rings. The molecule has 1 fully saturated rings. The van der Waals surface area contributed by atoms with Gasteiger partial charge in [-0.2, -0.15) is 0 Å². The largest absolute Gasteiger partial charge is 0.314 e. The SMILES string of the molecule is CCNC(Cc1ccc(F)cc1F)CC1CC1. The second kappa shape index (κ2) is 5.58. The molecule has 2 rings (SSSR count). The maximum absolute atomic E-state index is 13.5. The summed E-state index contributed by atoms with van der Waals surface area (Å²) in [5, 5.41) is 3.38. The lowest BCUT2D eigenvalue weighted by Gasteiger charge is -2.18. The Hall–Kier alpha value is -0.960. The molecule has 3 heteroatoms. The van der Waals surface area contributed by atoms with E-state index in [2.05, 4.69) is 12.2 Å². The molecule has 1 aliphatic carbocycles. The molecule has 1 aromatic carbocycles. The molecule has 0 amide bonds. The molecule has 0 heterocycles. The summed E-state index contributed by atoms with van der Waals surface area (Å²) < 4.78 is 26.3. The van der Waals surface area contributed by atoms with E-state index in [1.807, 2.05) is 0 Å². The minimum absolute atomic E-state index is 0.312. The number of hydrogen-bond donors (Lipinski definition) is 1. The molecule has 0 aromatic heterocycles. The number of nitrogens with one attached hydrogen (secondary N) is 1.